The molecule has 1 aromatic carbocycles. The molecule has 1 aliphatic rings. The van der Waals surface area contributed by atoms with Crippen LogP contribution >= 0.6 is 0 Å². The molecular weight excluding hydrogens is 270 g/mol. The van der Waals surface area contributed by atoms with Crippen molar-refractivity contribution in [1.82, 2.24) is 4.72 Å². The zero-order valence-corrected chi connectivity index (χ0v) is 10.9. The molecule has 0 unspecified atom stereocenters. The maximum Gasteiger partial charge on any atom is 0.313 e. The molecule has 0 bridgehead atoms. The molecule has 1 aliphatic heterocycles. The minimum atomic E-state index is -3.62. The third kappa shape index (κ3) is 2.65. The van der Waals surface area contributed by atoms with Gasteiger partial charge in [0, 0.05) is 11.6 Å². The minimum absolute atomic E-state index is 0.118. The minimum Gasteiger partial charge on any atom is -0.469 e. The summed E-state index contributed by atoms with van der Waals surface area (Å²) in [4.78, 5) is 22.7. The van der Waals surface area contributed by atoms with Gasteiger partial charge in [-0.05, 0) is 6.07 Å². The van der Waals surface area contributed by atoms with Crippen LogP contribution in [0.15, 0.2) is 35.2 Å². The van der Waals surface area contributed by atoms with E-state index in [2.05, 4.69) is 9.46 Å². The first-order valence-electron chi connectivity index (χ1n) is 5.37. The highest BCUT2D eigenvalue weighted by Crippen LogP contribution is 2.29. The van der Waals surface area contributed by atoms with E-state index in [1.807, 2.05) is 0 Å². The Labute approximate surface area is 110 Å². The lowest BCUT2D eigenvalue weighted by Gasteiger charge is -1.99. The number of benzene rings is 1. The van der Waals surface area contributed by atoms with E-state index in [1.54, 1.807) is 18.2 Å². The van der Waals surface area contributed by atoms with E-state index in [0.29, 0.717) is 5.56 Å². The van der Waals surface area contributed by atoms with Crippen LogP contribution in [0.2, 0.25) is 0 Å². The number of hydrogen-bond donors (Lipinski definition) is 1. The number of hydrogen-bond acceptors (Lipinski definition) is 5. The molecule has 1 aromatic rings. The van der Waals surface area contributed by atoms with E-state index >= 15 is 0 Å². The van der Waals surface area contributed by atoms with Crippen molar-refractivity contribution in [2.24, 2.45) is 0 Å². The second kappa shape index (κ2) is 4.85. The van der Waals surface area contributed by atoms with Crippen molar-refractivity contribution in [3.8, 4) is 0 Å². The Morgan fingerprint density at radius 3 is 2.68 bits per heavy atom. The Morgan fingerprint density at radius 1 is 1.32 bits per heavy atom. The molecule has 1 N–H and O–H groups in total. The summed E-state index contributed by atoms with van der Waals surface area (Å²) in [5.41, 5.74) is 0.588. The highest BCUT2D eigenvalue weighted by atomic mass is 32.2. The van der Waals surface area contributed by atoms with Crippen LogP contribution in [-0.4, -0.2) is 27.3 Å². The molecule has 19 heavy (non-hydrogen) atoms. The van der Waals surface area contributed by atoms with Gasteiger partial charge in [0.2, 0.25) is 0 Å². The maximum atomic E-state index is 11.8. The average molecular weight is 281 g/mol. The molecule has 0 amide bonds. The fraction of sp³-hybridized carbons (Fsp3) is 0.167. The van der Waals surface area contributed by atoms with E-state index in [9.17, 15) is 18.0 Å². The first-order chi connectivity index (χ1) is 8.94. The number of esters is 1. The first-order valence-corrected chi connectivity index (χ1v) is 6.86. The van der Waals surface area contributed by atoms with Gasteiger partial charge in [0.1, 0.15) is 6.42 Å². The molecule has 6 nitrogen and oxygen atoms in total. The largest absolute Gasteiger partial charge is 0.469 e. The van der Waals surface area contributed by atoms with Gasteiger partial charge in [0.25, 0.3) is 10.0 Å². The number of carbonyl (C=O) groups excluding carboxylic acids is 2. The van der Waals surface area contributed by atoms with Crippen molar-refractivity contribution in [3.05, 3.63) is 35.9 Å². The second-order valence-corrected chi connectivity index (χ2v) is 5.53. The van der Waals surface area contributed by atoms with Gasteiger partial charge >= 0.3 is 5.97 Å². The summed E-state index contributed by atoms with van der Waals surface area (Å²) >= 11 is 0. The van der Waals surface area contributed by atoms with Crippen LogP contribution in [0.5, 0.6) is 0 Å². The molecule has 1 heterocycles. The predicted molar refractivity (Wildman–Crippen MR) is 66.4 cm³/mol. The quantitative estimate of drug-likeness (QED) is 0.493. The van der Waals surface area contributed by atoms with Crippen molar-refractivity contribution in [3.63, 3.8) is 0 Å². The monoisotopic (exact) mass is 281 g/mol. The van der Waals surface area contributed by atoms with Crippen molar-refractivity contribution in [2.75, 3.05) is 7.11 Å². The molecule has 2 rings (SSSR count). The SMILES string of the molecule is COC(=O)CC(=O)/C=C1\NS(=O)(=O)c2ccccc21. The van der Waals surface area contributed by atoms with Crippen LogP contribution in [0, 0.1) is 0 Å². The lowest BCUT2D eigenvalue weighted by molar-refractivity contribution is -0.142. The number of allylic oxidation sites excluding steroid dienone is 1. The molecule has 0 aliphatic carbocycles. The lowest BCUT2D eigenvalue weighted by Crippen LogP contribution is -2.15. The molecular formula is C12H11NO5S. The van der Waals surface area contributed by atoms with E-state index in [0.717, 1.165) is 6.08 Å². The highest BCUT2D eigenvalue weighted by molar-refractivity contribution is 7.90. The van der Waals surface area contributed by atoms with Gasteiger partial charge in [-0.15, -0.1) is 0 Å². The van der Waals surface area contributed by atoms with Gasteiger partial charge in [-0.3, -0.25) is 14.3 Å². The first kappa shape index (κ1) is 13.3. The van der Waals surface area contributed by atoms with Gasteiger partial charge < -0.3 is 4.74 Å². The molecule has 0 aromatic heterocycles. The maximum absolute atomic E-state index is 11.8. The topological polar surface area (TPSA) is 89.5 Å². The molecule has 0 fully saturated rings. The summed E-state index contributed by atoms with van der Waals surface area (Å²) in [6, 6.07) is 6.30. The molecule has 0 saturated carbocycles. The molecule has 0 spiro atoms. The molecule has 0 radical (unpaired) electrons. The molecule has 100 valence electrons. The van der Waals surface area contributed by atoms with Crippen molar-refractivity contribution < 1.29 is 22.7 Å². The van der Waals surface area contributed by atoms with Gasteiger partial charge in [-0.1, -0.05) is 18.2 Å². The van der Waals surface area contributed by atoms with Crippen LogP contribution in [0.25, 0.3) is 5.70 Å². The smallest absolute Gasteiger partial charge is 0.313 e. The Bertz CT molecular complexity index is 675. The highest BCUT2D eigenvalue weighted by Gasteiger charge is 2.29. The summed E-state index contributed by atoms with van der Waals surface area (Å²) in [5.74, 6) is -1.20. The van der Waals surface area contributed by atoms with Crippen LogP contribution in [0.4, 0.5) is 0 Å². The zero-order chi connectivity index (χ0) is 14.0. The summed E-state index contributed by atoms with van der Waals surface area (Å²) < 4.78 is 30.2. The number of methoxy groups -OCH3 is 1. The van der Waals surface area contributed by atoms with Gasteiger partial charge in [-0.25, -0.2) is 8.42 Å². The van der Waals surface area contributed by atoms with Crippen LogP contribution in [0.3, 0.4) is 0 Å². The summed E-state index contributed by atoms with van der Waals surface area (Å²) in [6.45, 7) is 0. The van der Waals surface area contributed by atoms with Crippen molar-refractivity contribution in [2.45, 2.75) is 11.3 Å². The third-order valence-corrected chi connectivity index (χ3v) is 3.99. The molecule has 0 atom stereocenters. The zero-order valence-electron chi connectivity index (χ0n) is 10.0. The number of sulfonamides is 1. The Hall–Kier alpha value is -2.15. The second-order valence-electron chi connectivity index (χ2n) is 3.88. The summed E-state index contributed by atoms with van der Waals surface area (Å²) in [6.07, 6.45) is 0.671. The molecule has 7 heteroatoms. The number of ether oxygens (including phenoxy) is 1. The average Bonchev–Trinajstić information content (AvgIpc) is 2.61. The Balaban J connectivity index is 2.34. The number of fused-ring (bicyclic) bond motifs is 1. The van der Waals surface area contributed by atoms with E-state index < -0.39 is 28.2 Å². The standard InChI is InChI=1S/C12H11NO5S/c1-18-12(15)7-8(14)6-10-9-4-2-3-5-11(9)19(16,17)13-10/h2-6,13H,7H2,1H3/b10-6-. The summed E-state index contributed by atoms with van der Waals surface area (Å²) in [7, 11) is -2.44. The van der Waals surface area contributed by atoms with Gasteiger partial charge in [0.05, 0.1) is 17.7 Å². The van der Waals surface area contributed by atoms with E-state index in [4.69, 9.17) is 0 Å². The van der Waals surface area contributed by atoms with Crippen LogP contribution in [-0.2, 0) is 24.3 Å². The Kier molecular flexibility index (Phi) is 3.39. The number of rotatable bonds is 3. The summed E-state index contributed by atoms with van der Waals surface area (Å²) in [5, 5.41) is 0. The third-order valence-electron chi connectivity index (χ3n) is 2.56. The van der Waals surface area contributed by atoms with Gasteiger partial charge in [0.15, 0.2) is 5.78 Å². The predicted octanol–water partition coefficient (Wildman–Crippen LogP) is 0.452. The number of carbonyl (C=O) groups is 2. The molecule has 0 saturated heterocycles. The fourth-order valence-corrected chi connectivity index (χ4v) is 3.01. The fourth-order valence-electron chi connectivity index (χ4n) is 1.71. The Morgan fingerprint density at radius 2 is 2.00 bits per heavy atom. The van der Waals surface area contributed by atoms with E-state index in [1.165, 1.54) is 13.2 Å². The van der Waals surface area contributed by atoms with Crippen molar-refractivity contribution >= 4 is 27.5 Å². The lowest BCUT2D eigenvalue weighted by atomic mass is 10.1. The van der Waals surface area contributed by atoms with Crippen LogP contribution < -0.4 is 4.72 Å². The number of nitrogens with one attached hydrogen (secondary N) is 1. The number of ketones is 1. The normalized spacial score (nSPS) is 17.6. The van der Waals surface area contributed by atoms with Crippen molar-refractivity contribution in [1.29, 1.82) is 0 Å². The van der Waals surface area contributed by atoms with Gasteiger partial charge in [-0.2, -0.15) is 0 Å². The van der Waals surface area contributed by atoms with E-state index in [-0.39, 0.29) is 10.6 Å². The van der Waals surface area contributed by atoms with Crippen LogP contribution in [0.1, 0.15) is 12.0 Å².